The molecule has 1 aromatic heterocycles. The summed E-state index contributed by atoms with van der Waals surface area (Å²) in [6, 6.07) is 14.0. The van der Waals surface area contributed by atoms with Crippen LogP contribution in [0.2, 0.25) is 5.02 Å². The van der Waals surface area contributed by atoms with Gasteiger partial charge in [0.2, 0.25) is 0 Å². The molecule has 4 rings (SSSR count). The fourth-order valence-electron chi connectivity index (χ4n) is 3.70. The van der Waals surface area contributed by atoms with E-state index in [0.29, 0.717) is 36.9 Å². The Bertz CT molecular complexity index is 1390. The van der Waals surface area contributed by atoms with Crippen molar-refractivity contribution in [2.75, 3.05) is 13.7 Å². The molecular weight excluding hydrogens is 448 g/mol. The van der Waals surface area contributed by atoms with E-state index in [1.54, 1.807) is 49.8 Å². The van der Waals surface area contributed by atoms with Crippen LogP contribution in [0.3, 0.4) is 0 Å². The minimum atomic E-state index is -0.630. The van der Waals surface area contributed by atoms with Crippen LogP contribution >= 0.6 is 22.9 Å². The molecule has 6 nitrogen and oxygen atoms in total. The second kappa shape index (κ2) is 9.14. The van der Waals surface area contributed by atoms with Gasteiger partial charge in [-0.25, -0.2) is 9.79 Å². The van der Waals surface area contributed by atoms with E-state index in [-0.39, 0.29) is 12.2 Å². The minimum Gasteiger partial charge on any atom is -0.496 e. The topological polar surface area (TPSA) is 69.9 Å². The van der Waals surface area contributed by atoms with Gasteiger partial charge in [0.15, 0.2) is 4.80 Å². The number of rotatable bonds is 5. The van der Waals surface area contributed by atoms with Crippen molar-refractivity contribution in [3.63, 3.8) is 0 Å². The first kappa shape index (κ1) is 22.0. The molecule has 0 spiro atoms. The lowest BCUT2D eigenvalue weighted by Gasteiger charge is -2.24. The number of nitrogens with zero attached hydrogens (tertiary/aromatic N) is 2. The molecule has 1 atom stereocenters. The zero-order valence-corrected chi connectivity index (χ0v) is 19.4. The number of benzene rings is 2. The standard InChI is InChI=1S/C24H21ClN2O4S/c1-4-31-23(29)20-14(2)26-24-27(21(20)15-8-6-5-7-9-15)22(28)19(32-24)13-16-12-17(25)10-11-18(16)30-3/h5-13,21H,4H2,1-3H3/b19-13-/t21-/m1/s1. The molecule has 0 N–H and O–H groups in total. The number of ether oxygens (including phenoxy) is 2. The first-order valence-corrected chi connectivity index (χ1v) is 11.2. The van der Waals surface area contributed by atoms with Gasteiger partial charge in [-0.3, -0.25) is 9.36 Å². The second-order valence-electron chi connectivity index (χ2n) is 7.10. The van der Waals surface area contributed by atoms with Gasteiger partial charge in [0.1, 0.15) is 5.75 Å². The summed E-state index contributed by atoms with van der Waals surface area (Å²) in [7, 11) is 1.56. The molecule has 0 aliphatic carbocycles. The summed E-state index contributed by atoms with van der Waals surface area (Å²) in [6.45, 7) is 3.74. The molecule has 1 aliphatic heterocycles. The highest BCUT2D eigenvalue weighted by Crippen LogP contribution is 2.30. The van der Waals surface area contributed by atoms with Gasteiger partial charge in [-0.15, -0.1) is 0 Å². The number of halogens is 1. The number of allylic oxidation sites excluding steroid dienone is 1. The van der Waals surface area contributed by atoms with E-state index in [4.69, 9.17) is 21.1 Å². The third kappa shape index (κ3) is 4.01. The quantitative estimate of drug-likeness (QED) is 0.538. The van der Waals surface area contributed by atoms with Crippen LogP contribution in [0, 0.1) is 0 Å². The Morgan fingerprint density at radius 3 is 2.69 bits per heavy atom. The molecule has 164 valence electrons. The summed E-state index contributed by atoms with van der Waals surface area (Å²) in [4.78, 5) is 31.5. The summed E-state index contributed by atoms with van der Waals surface area (Å²) < 4.78 is 12.7. The van der Waals surface area contributed by atoms with Gasteiger partial charge >= 0.3 is 5.97 Å². The lowest BCUT2D eigenvalue weighted by Crippen LogP contribution is -2.39. The maximum Gasteiger partial charge on any atom is 0.338 e. The number of esters is 1. The average molecular weight is 469 g/mol. The number of hydrogen-bond donors (Lipinski definition) is 0. The Morgan fingerprint density at radius 1 is 1.25 bits per heavy atom. The molecule has 2 heterocycles. The van der Waals surface area contributed by atoms with Gasteiger partial charge in [-0.1, -0.05) is 53.3 Å². The highest BCUT2D eigenvalue weighted by atomic mass is 35.5. The summed E-state index contributed by atoms with van der Waals surface area (Å²) in [6.07, 6.45) is 1.74. The molecule has 0 unspecified atom stereocenters. The molecule has 3 aromatic rings. The number of methoxy groups -OCH3 is 1. The van der Waals surface area contributed by atoms with Crippen molar-refractivity contribution in [1.29, 1.82) is 0 Å². The summed E-state index contributed by atoms with van der Waals surface area (Å²) in [5.41, 5.74) is 2.13. The smallest absolute Gasteiger partial charge is 0.338 e. The Morgan fingerprint density at radius 2 is 2.00 bits per heavy atom. The zero-order valence-electron chi connectivity index (χ0n) is 17.8. The number of thiazole rings is 1. The normalized spacial score (nSPS) is 15.9. The summed E-state index contributed by atoms with van der Waals surface area (Å²) in [5, 5.41) is 0.535. The molecule has 0 amide bonds. The first-order valence-electron chi connectivity index (χ1n) is 10.0. The lowest BCUT2D eigenvalue weighted by atomic mass is 9.96. The average Bonchev–Trinajstić information content (AvgIpc) is 3.08. The van der Waals surface area contributed by atoms with E-state index in [0.717, 1.165) is 5.56 Å². The van der Waals surface area contributed by atoms with Crippen LogP contribution in [0.5, 0.6) is 5.75 Å². The van der Waals surface area contributed by atoms with Crippen LogP contribution < -0.4 is 19.6 Å². The first-order chi connectivity index (χ1) is 15.4. The molecule has 0 saturated carbocycles. The molecule has 0 saturated heterocycles. The Balaban J connectivity index is 1.97. The predicted octanol–water partition coefficient (Wildman–Crippen LogP) is 3.46. The van der Waals surface area contributed by atoms with Gasteiger partial charge in [-0.2, -0.15) is 0 Å². The highest BCUT2D eigenvalue weighted by Gasteiger charge is 2.33. The molecule has 0 bridgehead atoms. The molecule has 0 radical (unpaired) electrons. The van der Waals surface area contributed by atoms with E-state index in [1.807, 2.05) is 30.3 Å². The second-order valence-corrected chi connectivity index (χ2v) is 8.54. The number of fused-ring (bicyclic) bond motifs is 1. The maximum absolute atomic E-state index is 13.6. The van der Waals surface area contributed by atoms with Gasteiger partial charge in [0, 0.05) is 10.6 Å². The van der Waals surface area contributed by atoms with E-state index in [1.165, 1.54) is 11.3 Å². The van der Waals surface area contributed by atoms with Crippen LogP contribution in [-0.2, 0) is 9.53 Å². The summed E-state index contributed by atoms with van der Waals surface area (Å²) >= 11 is 7.41. The van der Waals surface area contributed by atoms with Crippen molar-refractivity contribution in [2.24, 2.45) is 4.99 Å². The summed E-state index contributed by atoms with van der Waals surface area (Å²) in [5.74, 6) is 0.122. The Hall–Kier alpha value is -3.16. The van der Waals surface area contributed by atoms with Crippen LogP contribution in [0.4, 0.5) is 0 Å². The van der Waals surface area contributed by atoms with Crippen molar-refractivity contribution >= 4 is 35.0 Å². The van der Waals surface area contributed by atoms with Gasteiger partial charge in [-0.05, 0) is 43.7 Å². The number of aromatic nitrogens is 1. The van der Waals surface area contributed by atoms with E-state index in [2.05, 4.69) is 4.99 Å². The molecule has 8 heteroatoms. The molecule has 2 aromatic carbocycles. The number of carbonyl (C=O) groups is 1. The third-order valence-electron chi connectivity index (χ3n) is 5.11. The van der Waals surface area contributed by atoms with Crippen LogP contribution in [0.15, 0.2) is 69.6 Å². The van der Waals surface area contributed by atoms with Gasteiger partial charge in [0.25, 0.3) is 5.56 Å². The molecular formula is C24H21ClN2O4S. The fraction of sp³-hybridized carbons (Fsp3) is 0.208. The van der Waals surface area contributed by atoms with E-state index in [9.17, 15) is 9.59 Å². The van der Waals surface area contributed by atoms with Gasteiger partial charge in [0.05, 0.1) is 35.6 Å². The van der Waals surface area contributed by atoms with Crippen molar-refractivity contribution in [1.82, 2.24) is 4.57 Å². The predicted molar refractivity (Wildman–Crippen MR) is 125 cm³/mol. The largest absolute Gasteiger partial charge is 0.496 e. The Labute approximate surface area is 193 Å². The molecule has 32 heavy (non-hydrogen) atoms. The minimum absolute atomic E-state index is 0.232. The monoisotopic (exact) mass is 468 g/mol. The zero-order chi connectivity index (χ0) is 22.8. The fourth-order valence-corrected chi connectivity index (χ4v) is 4.92. The molecule has 1 aliphatic rings. The lowest BCUT2D eigenvalue weighted by molar-refractivity contribution is -0.139. The number of hydrogen-bond acceptors (Lipinski definition) is 6. The van der Waals surface area contributed by atoms with Crippen LogP contribution in [0.1, 0.15) is 31.0 Å². The van der Waals surface area contributed by atoms with Crippen molar-refractivity contribution < 1.29 is 14.3 Å². The van der Waals surface area contributed by atoms with Crippen LogP contribution in [0.25, 0.3) is 6.08 Å². The van der Waals surface area contributed by atoms with Gasteiger partial charge < -0.3 is 9.47 Å². The van der Waals surface area contributed by atoms with Crippen molar-refractivity contribution in [3.05, 3.63) is 95.6 Å². The third-order valence-corrected chi connectivity index (χ3v) is 6.33. The van der Waals surface area contributed by atoms with Crippen LogP contribution in [-0.4, -0.2) is 24.3 Å². The molecule has 0 fully saturated rings. The SMILES string of the molecule is CCOC(=O)C1=C(C)N=c2s/c(=C\c3cc(Cl)ccc3OC)c(=O)n2[C@@H]1c1ccccc1. The van der Waals surface area contributed by atoms with Crippen molar-refractivity contribution in [3.8, 4) is 5.75 Å². The Kier molecular flexibility index (Phi) is 6.30. The number of carbonyl (C=O) groups excluding carboxylic acids is 1. The maximum atomic E-state index is 13.6. The van der Waals surface area contributed by atoms with E-state index >= 15 is 0 Å². The highest BCUT2D eigenvalue weighted by molar-refractivity contribution is 7.07. The van der Waals surface area contributed by atoms with E-state index < -0.39 is 12.0 Å². The van der Waals surface area contributed by atoms with Crippen molar-refractivity contribution in [2.45, 2.75) is 19.9 Å².